The van der Waals surface area contributed by atoms with Crippen molar-refractivity contribution in [1.29, 1.82) is 0 Å². The molecule has 1 saturated heterocycles. The zero-order valence-corrected chi connectivity index (χ0v) is 12.8. The molecule has 0 saturated carbocycles. The minimum atomic E-state index is 0.159. The molecule has 0 bridgehead atoms. The summed E-state index contributed by atoms with van der Waals surface area (Å²) in [6.07, 6.45) is 1.11. The van der Waals surface area contributed by atoms with Gasteiger partial charge in [-0.1, -0.05) is 27.7 Å². The predicted octanol–water partition coefficient (Wildman–Crippen LogP) is 2.61. The highest BCUT2D eigenvalue weighted by Crippen LogP contribution is 2.25. The maximum atomic E-state index is 6.06. The van der Waals surface area contributed by atoms with Crippen molar-refractivity contribution in [3.63, 3.8) is 0 Å². The topological polar surface area (TPSA) is 42.2 Å². The van der Waals surface area contributed by atoms with E-state index in [1.54, 1.807) is 11.3 Å². The molecule has 0 radical (unpaired) electrons. The lowest BCUT2D eigenvalue weighted by Gasteiger charge is -2.34. The van der Waals surface area contributed by atoms with Gasteiger partial charge in [0.15, 0.2) is 0 Å². The van der Waals surface area contributed by atoms with Crippen LogP contribution in [0, 0.1) is 5.92 Å². The Hall–Kier alpha value is -0.450. The SMILES string of the molecule is CC1CN(Cc2nc(C(C)(C)C)cs2)CCC1N. The van der Waals surface area contributed by atoms with Crippen LogP contribution in [0.5, 0.6) is 0 Å². The summed E-state index contributed by atoms with van der Waals surface area (Å²) in [5, 5.41) is 3.44. The number of aromatic nitrogens is 1. The van der Waals surface area contributed by atoms with E-state index < -0.39 is 0 Å². The Morgan fingerprint density at radius 2 is 2.22 bits per heavy atom. The molecule has 2 rings (SSSR count). The lowest BCUT2D eigenvalue weighted by molar-refractivity contribution is 0.157. The lowest BCUT2D eigenvalue weighted by Crippen LogP contribution is -2.45. The Morgan fingerprint density at radius 3 is 2.78 bits per heavy atom. The maximum absolute atomic E-state index is 6.06. The molecule has 0 spiro atoms. The molecule has 1 fully saturated rings. The van der Waals surface area contributed by atoms with Crippen molar-refractivity contribution in [2.24, 2.45) is 11.7 Å². The summed E-state index contributed by atoms with van der Waals surface area (Å²) in [4.78, 5) is 7.25. The molecule has 102 valence electrons. The molecule has 2 N–H and O–H groups in total. The van der Waals surface area contributed by atoms with E-state index >= 15 is 0 Å². The first kappa shape index (κ1) is 14.0. The quantitative estimate of drug-likeness (QED) is 0.895. The standard InChI is InChI=1S/C14H25N3S/c1-10-7-17(6-5-11(10)15)8-13-16-12(9-18-13)14(2,3)4/h9-11H,5-8,15H2,1-4H3. The van der Waals surface area contributed by atoms with E-state index in [1.807, 2.05) is 0 Å². The first-order chi connectivity index (χ1) is 8.36. The average molecular weight is 267 g/mol. The number of thiazole rings is 1. The first-order valence-corrected chi connectivity index (χ1v) is 7.67. The summed E-state index contributed by atoms with van der Waals surface area (Å²) in [6.45, 7) is 12.1. The van der Waals surface area contributed by atoms with Crippen molar-refractivity contribution in [2.75, 3.05) is 13.1 Å². The van der Waals surface area contributed by atoms with Crippen LogP contribution in [-0.2, 0) is 12.0 Å². The van der Waals surface area contributed by atoms with Crippen molar-refractivity contribution in [3.8, 4) is 0 Å². The molecule has 1 aliphatic heterocycles. The largest absolute Gasteiger partial charge is 0.327 e. The van der Waals surface area contributed by atoms with E-state index in [-0.39, 0.29) is 5.41 Å². The maximum Gasteiger partial charge on any atom is 0.107 e. The molecule has 1 aromatic rings. The molecule has 0 aromatic carbocycles. The van der Waals surface area contributed by atoms with Gasteiger partial charge in [-0.2, -0.15) is 0 Å². The second-order valence-corrected chi connectivity index (χ2v) is 7.48. The third kappa shape index (κ3) is 3.31. The number of nitrogens with two attached hydrogens (primary N) is 1. The molecule has 1 aliphatic rings. The smallest absolute Gasteiger partial charge is 0.107 e. The van der Waals surface area contributed by atoms with Crippen LogP contribution in [0.2, 0.25) is 0 Å². The van der Waals surface area contributed by atoms with Crippen LogP contribution in [0.3, 0.4) is 0 Å². The van der Waals surface area contributed by atoms with Crippen LogP contribution in [0.15, 0.2) is 5.38 Å². The zero-order chi connectivity index (χ0) is 13.3. The third-order valence-electron chi connectivity index (χ3n) is 3.73. The summed E-state index contributed by atoms with van der Waals surface area (Å²) >= 11 is 1.79. The number of likely N-dealkylation sites (tertiary alicyclic amines) is 1. The number of hydrogen-bond donors (Lipinski definition) is 1. The van der Waals surface area contributed by atoms with Crippen LogP contribution in [0.25, 0.3) is 0 Å². The normalized spacial score (nSPS) is 26.5. The fourth-order valence-electron chi connectivity index (χ4n) is 2.31. The van der Waals surface area contributed by atoms with Gasteiger partial charge < -0.3 is 5.73 Å². The van der Waals surface area contributed by atoms with E-state index in [0.29, 0.717) is 12.0 Å². The Morgan fingerprint density at radius 1 is 1.50 bits per heavy atom. The number of hydrogen-bond acceptors (Lipinski definition) is 4. The van der Waals surface area contributed by atoms with Gasteiger partial charge in [0.1, 0.15) is 5.01 Å². The monoisotopic (exact) mass is 267 g/mol. The van der Waals surface area contributed by atoms with E-state index in [1.165, 1.54) is 10.7 Å². The summed E-state index contributed by atoms with van der Waals surface area (Å²) in [7, 11) is 0. The molecular weight excluding hydrogens is 242 g/mol. The molecule has 2 atom stereocenters. The van der Waals surface area contributed by atoms with Gasteiger partial charge in [0, 0.05) is 29.9 Å². The summed E-state index contributed by atoms with van der Waals surface area (Å²) < 4.78 is 0. The second kappa shape index (κ2) is 5.27. The lowest BCUT2D eigenvalue weighted by atomic mass is 9.93. The molecule has 0 amide bonds. The Bertz CT molecular complexity index is 394. The van der Waals surface area contributed by atoms with Crippen LogP contribution in [-0.4, -0.2) is 29.0 Å². The first-order valence-electron chi connectivity index (χ1n) is 6.79. The van der Waals surface area contributed by atoms with Crippen LogP contribution < -0.4 is 5.73 Å². The van der Waals surface area contributed by atoms with Gasteiger partial charge in [-0.25, -0.2) is 4.98 Å². The Kier molecular flexibility index (Phi) is 4.09. The van der Waals surface area contributed by atoms with E-state index in [9.17, 15) is 0 Å². The fraction of sp³-hybridized carbons (Fsp3) is 0.786. The molecular formula is C14H25N3S. The minimum absolute atomic E-state index is 0.159. The van der Waals surface area contributed by atoms with Crippen LogP contribution >= 0.6 is 11.3 Å². The van der Waals surface area contributed by atoms with Crippen molar-refractivity contribution >= 4 is 11.3 Å². The van der Waals surface area contributed by atoms with Gasteiger partial charge in [-0.15, -0.1) is 11.3 Å². The Labute approximate surface area is 114 Å². The van der Waals surface area contributed by atoms with E-state index in [4.69, 9.17) is 10.7 Å². The predicted molar refractivity (Wildman–Crippen MR) is 77.8 cm³/mol. The summed E-state index contributed by atoms with van der Waals surface area (Å²) in [6, 6.07) is 0.377. The Balaban J connectivity index is 1.96. The third-order valence-corrected chi connectivity index (χ3v) is 4.57. The molecule has 0 aliphatic carbocycles. The van der Waals surface area contributed by atoms with E-state index in [2.05, 4.69) is 38.0 Å². The average Bonchev–Trinajstić information content (AvgIpc) is 2.72. The zero-order valence-electron chi connectivity index (χ0n) is 11.9. The molecule has 4 heteroatoms. The molecule has 2 unspecified atom stereocenters. The molecule has 18 heavy (non-hydrogen) atoms. The molecule has 3 nitrogen and oxygen atoms in total. The highest BCUT2D eigenvalue weighted by molar-refractivity contribution is 7.09. The van der Waals surface area contributed by atoms with Gasteiger partial charge in [0.2, 0.25) is 0 Å². The van der Waals surface area contributed by atoms with Crippen molar-refractivity contribution < 1.29 is 0 Å². The summed E-state index contributed by atoms with van der Waals surface area (Å²) in [5.74, 6) is 0.598. The van der Waals surface area contributed by atoms with Crippen molar-refractivity contribution in [1.82, 2.24) is 9.88 Å². The molecule has 2 heterocycles. The fourth-order valence-corrected chi connectivity index (χ4v) is 3.38. The number of nitrogens with zero attached hydrogens (tertiary/aromatic N) is 2. The number of piperidine rings is 1. The van der Waals surface area contributed by atoms with Gasteiger partial charge in [0.25, 0.3) is 0 Å². The highest BCUT2D eigenvalue weighted by Gasteiger charge is 2.24. The van der Waals surface area contributed by atoms with Gasteiger partial charge >= 0.3 is 0 Å². The summed E-state index contributed by atoms with van der Waals surface area (Å²) in [5.41, 5.74) is 7.43. The minimum Gasteiger partial charge on any atom is -0.327 e. The van der Waals surface area contributed by atoms with Gasteiger partial charge in [-0.05, 0) is 12.3 Å². The van der Waals surface area contributed by atoms with E-state index in [0.717, 1.165) is 26.1 Å². The van der Waals surface area contributed by atoms with Gasteiger partial charge in [-0.3, -0.25) is 4.90 Å². The van der Waals surface area contributed by atoms with Crippen molar-refractivity contribution in [2.45, 2.75) is 52.1 Å². The molecule has 1 aromatic heterocycles. The van der Waals surface area contributed by atoms with Crippen LogP contribution in [0.1, 0.15) is 44.8 Å². The van der Waals surface area contributed by atoms with Crippen molar-refractivity contribution in [3.05, 3.63) is 16.1 Å². The van der Waals surface area contributed by atoms with Gasteiger partial charge in [0.05, 0.1) is 12.2 Å². The van der Waals surface area contributed by atoms with Crippen LogP contribution in [0.4, 0.5) is 0 Å². The second-order valence-electron chi connectivity index (χ2n) is 6.54. The number of rotatable bonds is 2. The highest BCUT2D eigenvalue weighted by atomic mass is 32.1.